The minimum atomic E-state index is -1.24. The highest BCUT2D eigenvalue weighted by atomic mass is 16.6. The number of aliphatic hydroxyl groups excluding tert-OH is 1. The van der Waals surface area contributed by atoms with Crippen LogP contribution in [0.4, 0.5) is 4.79 Å². The first-order valence-electron chi connectivity index (χ1n) is 15.6. The number of hydrogen-bond acceptors (Lipinski definition) is 12. The predicted octanol–water partition coefficient (Wildman–Crippen LogP) is 2.48. The molecule has 0 aromatic rings. The van der Waals surface area contributed by atoms with Crippen LogP contribution in [0.15, 0.2) is 12.0 Å². The van der Waals surface area contributed by atoms with E-state index in [-0.39, 0.29) is 30.3 Å². The van der Waals surface area contributed by atoms with Gasteiger partial charge in [0.15, 0.2) is 17.8 Å². The number of rotatable bonds is 3. The maximum Gasteiger partial charge on any atom is 0.408 e. The number of carbonyl (C=O) groups excluding carboxylic acids is 4. The smallest absolute Gasteiger partial charge is 0.408 e. The van der Waals surface area contributed by atoms with Crippen molar-refractivity contribution in [3.05, 3.63) is 12.0 Å². The highest BCUT2D eigenvalue weighted by molar-refractivity contribution is 5.87. The van der Waals surface area contributed by atoms with Gasteiger partial charge in [0.2, 0.25) is 0 Å². The molecule has 4 rings (SSSR count). The lowest BCUT2D eigenvalue weighted by Gasteiger charge is -2.36. The molecular weight excluding hydrogens is 574 g/mol. The van der Waals surface area contributed by atoms with Gasteiger partial charge in [-0.2, -0.15) is 0 Å². The summed E-state index contributed by atoms with van der Waals surface area (Å²) in [7, 11) is 4.07. The lowest BCUT2D eigenvalue weighted by molar-refractivity contribution is -0.172. The van der Waals surface area contributed by atoms with Crippen molar-refractivity contribution >= 4 is 24.3 Å². The molecule has 11 atom stereocenters. The van der Waals surface area contributed by atoms with Crippen LogP contribution in [0.5, 0.6) is 0 Å². The Morgan fingerprint density at radius 2 is 1.73 bits per heavy atom. The molecule has 3 saturated heterocycles. The fraction of sp³-hybridized carbons (Fsp3) is 0.806. The largest absolute Gasteiger partial charge is 0.476 e. The highest BCUT2D eigenvalue weighted by Crippen LogP contribution is 2.35. The van der Waals surface area contributed by atoms with Crippen molar-refractivity contribution in [1.82, 2.24) is 10.2 Å². The number of ketones is 1. The molecule has 2 bridgehead atoms. The molecule has 0 saturated carbocycles. The summed E-state index contributed by atoms with van der Waals surface area (Å²) < 4.78 is 27.0. The van der Waals surface area contributed by atoms with Gasteiger partial charge in [-0.15, -0.1) is 0 Å². The first-order chi connectivity index (χ1) is 20.6. The molecule has 3 fully saturated rings. The summed E-state index contributed by atoms with van der Waals surface area (Å²) in [6, 6.07) is -0.232. The Morgan fingerprint density at radius 3 is 2.32 bits per heavy atom. The van der Waals surface area contributed by atoms with E-state index >= 15 is 0 Å². The molecular formula is C31H53N3O10. The van der Waals surface area contributed by atoms with Crippen molar-refractivity contribution in [2.45, 2.75) is 116 Å². The molecule has 252 valence electrons. The quantitative estimate of drug-likeness (QED) is 0.237. The number of allylic oxidation sites excluding steroid dienone is 1. The predicted molar refractivity (Wildman–Crippen MR) is 161 cm³/mol. The zero-order valence-electron chi connectivity index (χ0n) is 27.6. The van der Waals surface area contributed by atoms with Gasteiger partial charge in [0.25, 0.3) is 6.47 Å². The van der Waals surface area contributed by atoms with E-state index in [9.17, 15) is 24.3 Å². The molecule has 4 heterocycles. The number of esters is 1. The maximum atomic E-state index is 13.3. The number of amides is 1. The van der Waals surface area contributed by atoms with Crippen LogP contribution in [-0.2, 0) is 38.1 Å². The Bertz CT molecular complexity index is 1010. The maximum absolute atomic E-state index is 13.3. The van der Waals surface area contributed by atoms with E-state index in [0.29, 0.717) is 25.4 Å². The van der Waals surface area contributed by atoms with E-state index < -0.39 is 60.0 Å². The molecule has 0 aromatic carbocycles. The third-order valence-corrected chi connectivity index (χ3v) is 8.73. The third kappa shape index (κ3) is 9.55. The van der Waals surface area contributed by atoms with Gasteiger partial charge in [-0.1, -0.05) is 27.7 Å². The summed E-state index contributed by atoms with van der Waals surface area (Å²) in [5, 5.41) is 11.9. The number of aliphatic hydroxyl groups is 1. The number of nitrogens with one attached hydrogen (secondary N) is 1. The molecule has 0 radical (unpaired) electrons. The van der Waals surface area contributed by atoms with E-state index in [2.05, 4.69) is 10.2 Å². The van der Waals surface area contributed by atoms with Gasteiger partial charge in [0, 0.05) is 24.3 Å². The molecule has 4 aliphatic heterocycles. The molecule has 0 aromatic heterocycles. The summed E-state index contributed by atoms with van der Waals surface area (Å²) in [5.74, 6) is -2.72. The van der Waals surface area contributed by atoms with Crippen LogP contribution in [-0.4, -0.2) is 97.3 Å². The van der Waals surface area contributed by atoms with Crippen molar-refractivity contribution in [2.75, 3.05) is 20.7 Å². The first-order valence-corrected chi connectivity index (χ1v) is 15.6. The Kier molecular flexibility index (Phi) is 13.9. The van der Waals surface area contributed by atoms with E-state index in [1.54, 1.807) is 26.8 Å². The monoisotopic (exact) mass is 627 g/mol. The van der Waals surface area contributed by atoms with Crippen LogP contribution in [0, 0.1) is 23.7 Å². The lowest BCUT2D eigenvalue weighted by Crippen LogP contribution is -2.53. The van der Waals surface area contributed by atoms with Gasteiger partial charge >= 0.3 is 12.1 Å². The Hall–Kier alpha value is -2.90. The minimum Gasteiger partial charge on any atom is -0.476 e. The number of fused-ring (bicyclic) bond motifs is 3. The molecule has 0 aliphatic carbocycles. The number of nitrogens with zero attached hydrogens (tertiary/aromatic N) is 1. The zero-order chi connectivity index (χ0) is 33.4. The molecule has 44 heavy (non-hydrogen) atoms. The minimum absolute atomic E-state index is 0.122. The van der Waals surface area contributed by atoms with Crippen molar-refractivity contribution < 1.29 is 48.0 Å². The molecule has 7 unspecified atom stereocenters. The number of cyclic esters (lactones) is 1. The topological polar surface area (TPSA) is 176 Å². The average molecular weight is 628 g/mol. The molecule has 13 nitrogen and oxygen atoms in total. The molecule has 4 N–H and O–H groups in total. The van der Waals surface area contributed by atoms with E-state index in [4.69, 9.17) is 29.4 Å². The van der Waals surface area contributed by atoms with Gasteiger partial charge in [-0.3, -0.25) is 14.4 Å². The molecule has 4 aliphatic rings. The number of nitrogens with two attached hydrogens (primary N) is 1. The number of carbonyl (C=O) groups is 4. The molecule has 1 amide bonds. The van der Waals surface area contributed by atoms with Gasteiger partial charge in [0.05, 0.1) is 18.1 Å². The normalized spacial score (nSPS) is 39.2. The standard InChI is InChI=1S/C21H30N2O8.C8H17NO2.C2H6/c1-10-5-14-6-13(7-15(22)30-14)16(25)11(2)18-21(4,31-20(27)23-18)8-28-19(26)12(3)17(10)29-9-24;1-6-4-7(9(2)3)5-8(10)11-6;1-2/h7,9-14,17-18H,5-6,8,22H2,1-4H3,(H,23,27);6-8,10H,4-5H2,1-3H3;1-2H3/t10-,11?,12?,13+,14?,17+,18?,21-;;/m1../s1. The second-order valence-electron chi connectivity index (χ2n) is 12.5. The summed E-state index contributed by atoms with van der Waals surface area (Å²) in [6.45, 7) is 12.8. The average Bonchev–Trinajstić information content (AvgIpc) is 3.27. The highest BCUT2D eigenvalue weighted by Gasteiger charge is 2.52. The van der Waals surface area contributed by atoms with Gasteiger partial charge in [-0.05, 0) is 66.1 Å². The number of ether oxygens (including phenoxy) is 5. The van der Waals surface area contributed by atoms with E-state index in [1.165, 1.54) is 0 Å². The number of alkyl carbamates (subject to hydrolysis) is 1. The van der Waals surface area contributed by atoms with E-state index in [0.717, 1.165) is 12.8 Å². The molecule has 13 heteroatoms. The summed E-state index contributed by atoms with van der Waals surface area (Å²) in [5.41, 5.74) is 4.70. The van der Waals surface area contributed by atoms with Crippen molar-refractivity contribution in [3.63, 3.8) is 0 Å². The Balaban J connectivity index is 0.000000434. The van der Waals surface area contributed by atoms with Crippen molar-refractivity contribution in [1.29, 1.82) is 0 Å². The Morgan fingerprint density at radius 1 is 1.07 bits per heavy atom. The van der Waals surface area contributed by atoms with E-state index in [1.807, 2.05) is 41.8 Å². The van der Waals surface area contributed by atoms with Crippen LogP contribution in [0.25, 0.3) is 0 Å². The van der Waals surface area contributed by atoms with Crippen molar-refractivity contribution in [3.8, 4) is 0 Å². The number of Topliss-reactive ketones (excluding diaryl/α,β-unsaturated/α-hetero) is 1. The van der Waals surface area contributed by atoms with Gasteiger partial charge in [-0.25, -0.2) is 4.79 Å². The summed E-state index contributed by atoms with van der Waals surface area (Å²) >= 11 is 0. The van der Waals surface area contributed by atoms with Gasteiger partial charge < -0.3 is 44.7 Å². The fourth-order valence-corrected chi connectivity index (χ4v) is 6.38. The SMILES string of the molecule is CC.CC1C(=O)[C@@H]2C=C(N)OC(C2)C[C@@H](C)[C@H](OC=O)C(C)C(=O)OC[C@@]2(C)OC(=O)NC12.CC1CC(N(C)C)CC(O)O1. The van der Waals surface area contributed by atoms with Crippen molar-refractivity contribution in [2.24, 2.45) is 29.4 Å². The zero-order valence-corrected chi connectivity index (χ0v) is 27.6. The first kappa shape index (κ1) is 37.3. The Labute approximate surface area is 261 Å². The van der Waals surface area contributed by atoms with Crippen LogP contribution in [0.2, 0.25) is 0 Å². The second kappa shape index (κ2) is 16.4. The number of hydrogen-bond donors (Lipinski definition) is 3. The fourth-order valence-electron chi connectivity index (χ4n) is 6.38. The van der Waals surface area contributed by atoms with Crippen LogP contribution in [0.3, 0.4) is 0 Å². The van der Waals surface area contributed by atoms with Crippen LogP contribution in [0.1, 0.15) is 74.1 Å². The summed E-state index contributed by atoms with van der Waals surface area (Å²) in [6.07, 6.45) is 1.93. The second-order valence-corrected chi connectivity index (χ2v) is 12.5. The lowest BCUT2D eigenvalue weighted by atomic mass is 9.78. The van der Waals surface area contributed by atoms with Gasteiger partial charge in [0.1, 0.15) is 24.6 Å². The third-order valence-electron chi connectivity index (χ3n) is 8.73. The summed E-state index contributed by atoms with van der Waals surface area (Å²) in [4.78, 5) is 51.2. The van der Waals surface area contributed by atoms with Crippen LogP contribution >= 0.6 is 0 Å². The molecule has 0 spiro atoms. The van der Waals surface area contributed by atoms with Crippen LogP contribution < -0.4 is 11.1 Å².